The zero-order valence-corrected chi connectivity index (χ0v) is 10.9. The summed E-state index contributed by atoms with van der Waals surface area (Å²) in [5, 5.41) is 5.34. The average Bonchev–Trinajstić information content (AvgIpc) is 2.24. The number of allylic oxidation sites excluding steroid dienone is 1. The van der Waals surface area contributed by atoms with Crippen molar-refractivity contribution in [3.8, 4) is 0 Å². The second kappa shape index (κ2) is 6.18. The number of carbonyl (C=O) groups excluding carboxylic acids is 2. The highest BCUT2D eigenvalue weighted by Gasteiger charge is 2.15. The highest BCUT2D eigenvalue weighted by atomic mass is 16.6. The van der Waals surface area contributed by atoms with Crippen molar-refractivity contribution in [3.63, 3.8) is 0 Å². The fourth-order valence-electron chi connectivity index (χ4n) is 1.25. The van der Waals surface area contributed by atoms with Crippen molar-refractivity contribution >= 4 is 17.7 Å². The van der Waals surface area contributed by atoms with Crippen molar-refractivity contribution < 1.29 is 14.3 Å². The van der Waals surface area contributed by atoms with Gasteiger partial charge in [0.05, 0.1) is 6.54 Å². The van der Waals surface area contributed by atoms with Crippen LogP contribution in [0.3, 0.4) is 0 Å². The zero-order chi connectivity index (χ0) is 13.6. The van der Waals surface area contributed by atoms with E-state index in [4.69, 9.17) is 4.74 Å². The molecule has 0 bridgehead atoms. The maximum absolute atomic E-state index is 11.4. The normalized spacial score (nSPS) is 17.5. The molecule has 0 unspecified atom stereocenters. The second-order valence-corrected chi connectivity index (χ2v) is 4.83. The first-order valence-corrected chi connectivity index (χ1v) is 5.84. The molecular formula is C12H19N3O3. The minimum Gasteiger partial charge on any atom is -0.444 e. The number of hydrogen-bond donors (Lipinski definition) is 2. The van der Waals surface area contributed by atoms with Crippen LogP contribution in [-0.2, 0) is 9.53 Å². The van der Waals surface area contributed by atoms with E-state index in [1.54, 1.807) is 33.0 Å². The summed E-state index contributed by atoms with van der Waals surface area (Å²) in [6.07, 6.45) is 3.30. The van der Waals surface area contributed by atoms with Crippen LogP contribution in [0, 0.1) is 0 Å². The Morgan fingerprint density at radius 3 is 2.89 bits per heavy atom. The van der Waals surface area contributed by atoms with Crippen LogP contribution in [0.2, 0.25) is 0 Å². The monoisotopic (exact) mass is 253 g/mol. The van der Waals surface area contributed by atoms with E-state index in [-0.39, 0.29) is 5.78 Å². The fraction of sp³-hybridized carbons (Fsp3) is 0.583. The molecule has 1 aliphatic heterocycles. The van der Waals surface area contributed by atoms with Gasteiger partial charge in [-0.25, -0.2) is 4.79 Å². The van der Waals surface area contributed by atoms with E-state index >= 15 is 0 Å². The molecule has 0 spiro atoms. The van der Waals surface area contributed by atoms with E-state index in [1.165, 1.54) is 0 Å². The van der Waals surface area contributed by atoms with E-state index in [0.717, 1.165) is 0 Å². The molecule has 0 aromatic carbocycles. The molecule has 100 valence electrons. The lowest BCUT2D eigenvalue weighted by Crippen LogP contribution is -2.35. The molecule has 2 N–H and O–H groups in total. The Balaban J connectivity index is 2.26. The third-order valence-electron chi connectivity index (χ3n) is 1.96. The number of carbonyl (C=O) groups is 2. The Morgan fingerprint density at radius 1 is 1.56 bits per heavy atom. The molecule has 1 rings (SSSR count). The summed E-state index contributed by atoms with van der Waals surface area (Å²) in [5.41, 5.74) is -0.512. The van der Waals surface area contributed by atoms with E-state index in [2.05, 4.69) is 15.6 Å². The highest BCUT2D eigenvalue weighted by molar-refractivity contribution is 6.40. The van der Waals surface area contributed by atoms with Crippen LogP contribution in [0.4, 0.5) is 4.79 Å². The Labute approximate surface area is 106 Å². The maximum atomic E-state index is 11.4. The molecule has 1 amide bonds. The summed E-state index contributed by atoms with van der Waals surface area (Å²) in [4.78, 5) is 26.7. The van der Waals surface area contributed by atoms with Crippen molar-refractivity contribution in [3.05, 3.63) is 12.3 Å². The largest absolute Gasteiger partial charge is 0.444 e. The standard InChI is InChI=1S/C12H19N3O3/c1-12(2,3)18-11(17)15-8-7-14-10-9(16)5-4-6-13-10/h4,6H,5,7-8H2,1-3H3,(H,13,14)(H,15,17). The average molecular weight is 253 g/mol. The highest BCUT2D eigenvalue weighted by Crippen LogP contribution is 2.06. The van der Waals surface area contributed by atoms with Gasteiger partial charge in [0, 0.05) is 13.0 Å². The lowest BCUT2D eigenvalue weighted by molar-refractivity contribution is -0.112. The molecule has 1 aliphatic rings. The van der Waals surface area contributed by atoms with Crippen LogP contribution >= 0.6 is 0 Å². The van der Waals surface area contributed by atoms with Crippen LogP contribution in [0.15, 0.2) is 17.3 Å². The number of ketones is 1. The van der Waals surface area contributed by atoms with Crippen molar-refractivity contribution in [2.24, 2.45) is 4.99 Å². The number of nitrogens with one attached hydrogen (secondary N) is 2. The molecule has 1 heterocycles. The molecule has 0 fully saturated rings. The molecule has 0 saturated heterocycles. The predicted molar refractivity (Wildman–Crippen MR) is 68.4 cm³/mol. The molecule has 6 heteroatoms. The van der Waals surface area contributed by atoms with E-state index < -0.39 is 11.7 Å². The summed E-state index contributed by atoms with van der Waals surface area (Å²) < 4.78 is 5.06. The molecule has 0 saturated carbocycles. The first-order valence-electron chi connectivity index (χ1n) is 5.84. The number of nitrogens with zero attached hydrogens (tertiary/aromatic N) is 1. The van der Waals surface area contributed by atoms with Gasteiger partial charge < -0.3 is 15.4 Å². The van der Waals surface area contributed by atoms with Crippen LogP contribution in [0.25, 0.3) is 0 Å². The van der Waals surface area contributed by atoms with Gasteiger partial charge in [0.25, 0.3) is 0 Å². The van der Waals surface area contributed by atoms with Crippen LogP contribution in [0.5, 0.6) is 0 Å². The van der Waals surface area contributed by atoms with Crippen LogP contribution in [-0.4, -0.2) is 36.4 Å². The molecule has 6 nitrogen and oxygen atoms in total. The van der Waals surface area contributed by atoms with Gasteiger partial charge in [-0.1, -0.05) is 6.08 Å². The minimum atomic E-state index is -0.512. The molecule has 0 aromatic rings. The van der Waals surface area contributed by atoms with Crippen LogP contribution in [0.1, 0.15) is 27.2 Å². The van der Waals surface area contributed by atoms with E-state index in [9.17, 15) is 9.59 Å². The smallest absolute Gasteiger partial charge is 0.407 e. The van der Waals surface area contributed by atoms with Gasteiger partial charge in [0.15, 0.2) is 5.84 Å². The number of rotatable bonds is 3. The summed E-state index contributed by atoms with van der Waals surface area (Å²) >= 11 is 0. The molecular weight excluding hydrogens is 234 g/mol. The Bertz CT molecular complexity index is 381. The number of Topliss-reactive ketones (excluding diaryl/α,β-unsaturated/α-hetero) is 1. The quantitative estimate of drug-likeness (QED) is 0.735. The first-order chi connectivity index (χ1) is 8.38. The Kier molecular flexibility index (Phi) is 4.88. The van der Waals surface area contributed by atoms with Crippen LogP contribution < -0.4 is 10.6 Å². The van der Waals surface area contributed by atoms with Gasteiger partial charge in [-0.3, -0.25) is 9.79 Å². The lowest BCUT2D eigenvalue weighted by atomic mass is 10.2. The molecule has 0 atom stereocenters. The van der Waals surface area contributed by atoms with Gasteiger partial charge in [0.1, 0.15) is 5.60 Å². The number of ether oxygens (including phenoxy) is 1. The summed E-state index contributed by atoms with van der Waals surface area (Å²) in [5.74, 6) is 0.290. The number of amidine groups is 1. The van der Waals surface area contributed by atoms with Gasteiger partial charge in [-0.05, 0) is 27.0 Å². The molecule has 0 aliphatic carbocycles. The Morgan fingerprint density at radius 2 is 2.28 bits per heavy atom. The van der Waals surface area contributed by atoms with Gasteiger partial charge in [-0.15, -0.1) is 0 Å². The number of hydrogen-bond acceptors (Lipinski definition) is 4. The number of alkyl carbamates (subject to hydrolysis) is 1. The molecule has 0 radical (unpaired) electrons. The predicted octanol–water partition coefficient (Wildman–Crippen LogP) is 0.986. The van der Waals surface area contributed by atoms with Crippen molar-refractivity contribution in [2.75, 3.05) is 13.1 Å². The first kappa shape index (κ1) is 14.2. The zero-order valence-electron chi connectivity index (χ0n) is 10.9. The van der Waals surface area contributed by atoms with E-state index in [1.807, 2.05) is 0 Å². The minimum absolute atomic E-state index is 0.0465. The fourth-order valence-corrected chi connectivity index (χ4v) is 1.25. The van der Waals surface area contributed by atoms with E-state index in [0.29, 0.717) is 25.3 Å². The van der Waals surface area contributed by atoms with Gasteiger partial charge >= 0.3 is 6.09 Å². The second-order valence-electron chi connectivity index (χ2n) is 4.83. The van der Waals surface area contributed by atoms with Gasteiger partial charge in [-0.2, -0.15) is 0 Å². The molecule has 18 heavy (non-hydrogen) atoms. The topological polar surface area (TPSA) is 79.8 Å². The van der Waals surface area contributed by atoms with Crippen molar-refractivity contribution in [1.82, 2.24) is 10.6 Å². The van der Waals surface area contributed by atoms with Crippen molar-refractivity contribution in [2.45, 2.75) is 32.8 Å². The maximum Gasteiger partial charge on any atom is 0.407 e. The van der Waals surface area contributed by atoms with Gasteiger partial charge in [0.2, 0.25) is 5.78 Å². The molecule has 0 aromatic heterocycles. The SMILES string of the molecule is CC(C)(C)OC(=O)NCCN=C1NC=CCC1=O. The lowest BCUT2D eigenvalue weighted by Gasteiger charge is -2.19. The summed E-state index contributed by atoms with van der Waals surface area (Å²) in [6, 6.07) is 0. The third kappa shape index (κ3) is 5.47. The van der Waals surface area contributed by atoms with Crippen molar-refractivity contribution in [1.29, 1.82) is 0 Å². The Hall–Kier alpha value is -1.85. The third-order valence-corrected chi connectivity index (χ3v) is 1.96. The summed E-state index contributed by atoms with van der Waals surface area (Å²) in [7, 11) is 0. The summed E-state index contributed by atoms with van der Waals surface area (Å²) in [6.45, 7) is 6.05. The number of aliphatic imine (C=N–C) groups is 1. The number of amides is 1.